The summed E-state index contributed by atoms with van der Waals surface area (Å²) in [4.78, 5) is 55.2. The van der Waals surface area contributed by atoms with Gasteiger partial charge in [-0.15, -0.1) is 0 Å². The van der Waals surface area contributed by atoms with Gasteiger partial charge in [0.1, 0.15) is 24.8 Å². The SMILES string of the molecule is COC(=O)C1CC2CN1C(=O)C(C(C)(C)C)NC(=O)OCCCC=CCOc1c(OC)ccc3c1CN(C3)C(=O)O2. The molecule has 12 nitrogen and oxygen atoms in total. The van der Waals surface area contributed by atoms with Crippen molar-refractivity contribution < 1.29 is 42.9 Å². The summed E-state index contributed by atoms with van der Waals surface area (Å²) in [5.74, 6) is 0.00805. The lowest BCUT2D eigenvalue weighted by molar-refractivity contribution is -0.152. The quantitative estimate of drug-likeness (QED) is 0.322. The Balaban J connectivity index is 1.61. The average Bonchev–Trinajstić information content (AvgIpc) is 3.56. The zero-order valence-corrected chi connectivity index (χ0v) is 24.3. The Morgan fingerprint density at radius 1 is 1.07 bits per heavy atom. The second-order valence-electron chi connectivity index (χ2n) is 11.4. The number of ether oxygens (including phenoxy) is 5. The van der Waals surface area contributed by atoms with Crippen LogP contribution >= 0.6 is 0 Å². The summed E-state index contributed by atoms with van der Waals surface area (Å²) in [5, 5.41) is 2.67. The second kappa shape index (κ2) is 12.7. The highest BCUT2D eigenvalue weighted by molar-refractivity contribution is 5.91. The first-order valence-electron chi connectivity index (χ1n) is 13.8. The number of allylic oxidation sites excluding steroid dienone is 1. The summed E-state index contributed by atoms with van der Waals surface area (Å²) in [7, 11) is 2.80. The van der Waals surface area contributed by atoms with E-state index in [1.54, 1.807) is 38.8 Å². The van der Waals surface area contributed by atoms with Gasteiger partial charge in [0.05, 0.1) is 33.9 Å². The minimum Gasteiger partial charge on any atom is -0.493 e. The van der Waals surface area contributed by atoms with Gasteiger partial charge < -0.3 is 33.9 Å². The van der Waals surface area contributed by atoms with Crippen molar-refractivity contribution in [3.05, 3.63) is 35.4 Å². The first-order valence-corrected chi connectivity index (χ1v) is 13.8. The van der Waals surface area contributed by atoms with Crippen LogP contribution in [0.3, 0.4) is 0 Å². The number of rotatable bonds is 2. The molecular formula is C29H39N3O9. The van der Waals surface area contributed by atoms with Crippen LogP contribution in [-0.4, -0.2) is 86.0 Å². The zero-order valence-electron chi connectivity index (χ0n) is 24.3. The Morgan fingerprint density at radius 3 is 2.56 bits per heavy atom. The van der Waals surface area contributed by atoms with Gasteiger partial charge in [-0.25, -0.2) is 14.4 Å². The lowest BCUT2D eigenvalue weighted by Gasteiger charge is -2.34. The van der Waals surface area contributed by atoms with Gasteiger partial charge in [-0.05, 0) is 29.9 Å². The summed E-state index contributed by atoms with van der Waals surface area (Å²) in [5.41, 5.74) is 1.05. The summed E-state index contributed by atoms with van der Waals surface area (Å²) in [6, 6.07) is 1.73. The number of cyclic esters (lactones) is 1. The lowest BCUT2D eigenvalue weighted by atomic mass is 9.85. The smallest absolute Gasteiger partial charge is 0.410 e. The molecule has 224 valence electrons. The molecule has 1 aromatic rings. The largest absolute Gasteiger partial charge is 0.493 e. The standard InChI is InChI=1S/C29H39N3O9/c1-29(2,3)24-25(33)32-16-19(14-21(32)26(34)38-5)41-28(36)31-15-18-10-11-22(37-4)23(20(18)17-31)39-12-8-6-7-9-13-40-27(35)30-24/h6,8,10-11,19,21,24H,7,9,12-17H2,1-5H3,(H,30,35). The number of carbonyl (C=O) groups is 4. The Morgan fingerprint density at radius 2 is 1.85 bits per heavy atom. The third-order valence-electron chi connectivity index (χ3n) is 7.41. The van der Waals surface area contributed by atoms with E-state index in [2.05, 4.69) is 5.32 Å². The number of methoxy groups -OCH3 is 2. The number of hydrogen-bond donors (Lipinski definition) is 1. The van der Waals surface area contributed by atoms with E-state index in [0.717, 1.165) is 11.1 Å². The lowest BCUT2D eigenvalue weighted by Crippen LogP contribution is -2.57. The molecule has 0 radical (unpaired) electrons. The first kappa shape index (κ1) is 30.0. The first-order chi connectivity index (χ1) is 19.5. The van der Waals surface area contributed by atoms with Crippen molar-refractivity contribution >= 4 is 24.1 Å². The molecule has 3 aliphatic rings. The molecule has 0 saturated carbocycles. The number of nitrogens with one attached hydrogen (secondary N) is 1. The number of alkyl carbamates (subject to hydrolysis) is 1. The van der Waals surface area contributed by atoms with Crippen LogP contribution in [0.1, 0.15) is 51.2 Å². The molecule has 1 aromatic carbocycles. The van der Waals surface area contributed by atoms with Crippen molar-refractivity contribution in [1.82, 2.24) is 15.1 Å². The third kappa shape index (κ3) is 6.86. The van der Waals surface area contributed by atoms with Crippen molar-refractivity contribution in [1.29, 1.82) is 0 Å². The van der Waals surface area contributed by atoms with Gasteiger partial charge in [-0.2, -0.15) is 0 Å². The van der Waals surface area contributed by atoms with Crippen LogP contribution in [-0.2, 0) is 36.9 Å². The van der Waals surface area contributed by atoms with E-state index in [4.69, 9.17) is 23.7 Å². The maximum atomic E-state index is 13.8. The third-order valence-corrected chi connectivity index (χ3v) is 7.41. The molecule has 4 rings (SSSR count). The van der Waals surface area contributed by atoms with Crippen LogP contribution in [0.15, 0.2) is 24.3 Å². The highest BCUT2D eigenvalue weighted by Gasteiger charge is 2.47. The van der Waals surface area contributed by atoms with Gasteiger partial charge >= 0.3 is 18.2 Å². The van der Waals surface area contributed by atoms with E-state index in [0.29, 0.717) is 37.5 Å². The van der Waals surface area contributed by atoms with Crippen molar-refractivity contribution in [2.75, 3.05) is 34.0 Å². The maximum Gasteiger partial charge on any atom is 0.410 e. The predicted molar refractivity (Wildman–Crippen MR) is 146 cm³/mol. The van der Waals surface area contributed by atoms with E-state index < -0.39 is 47.7 Å². The van der Waals surface area contributed by atoms with Gasteiger partial charge in [0.15, 0.2) is 11.5 Å². The van der Waals surface area contributed by atoms with E-state index in [1.807, 2.05) is 18.2 Å². The molecule has 3 atom stereocenters. The molecule has 3 amide bonds. The summed E-state index contributed by atoms with van der Waals surface area (Å²) in [6.45, 7) is 6.42. The number of carbonyl (C=O) groups excluding carboxylic acids is 4. The fourth-order valence-corrected chi connectivity index (χ4v) is 5.23. The van der Waals surface area contributed by atoms with E-state index >= 15 is 0 Å². The summed E-state index contributed by atoms with van der Waals surface area (Å²) in [6.07, 6.45) is 3.05. The van der Waals surface area contributed by atoms with E-state index in [9.17, 15) is 19.2 Å². The normalized spacial score (nSPS) is 24.0. The van der Waals surface area contributed by atoms with Crippen LogP contribution in [0.5, 0.6) is 11.5 Å². The Bertz CT molecular complexity index is 1190. The van der Waals surface area contributed by atoms with Gasteiger partial charge in [0.2, 0.25) is 5.91 Å². The van der Waals surface area contributed by atoms with Crippen LogP contribution in [0.4, 0.5) is 9.59 Å². The molecule has 1 saturated heterocycles. The highest BCUT2D eigenvalue weighted by atomic mass is 16.6. The Labute approximate surface area is 239 Å². The average molecular weight is 574 g/mol. The fraction of sp³-hybridized carbons (Fsp3) is 0.586. The summed E-state index contributed by atoms with van der Waals surface area (Å²) >= 11 is 0. The minimum absolute atomic E-state index is 0.0255. The monoisotopic (exact) mass is 573 g/mol. The number of benzene rings is 1. The van der Waals surface area contributed by atoms with Gasteiger partial charge in [-0.3, -0.25) is 9.69 Å². The van der Waals surface area contributed by atoms with E-state index in [1.165, 1.54) is 12.0 Å². The molecule has 0 spiro atoms. The minimum atomic E-state index is -0.996. The van der Waals surface area contributed by atoms with Gasteiger partial charge in [0.25, 0.3) is 0 Å². The van der Waals surface area contributed by atoms with Gasteiger partial charge in [-0.1, -0.05) is 39.0 Å². The van der Waals surface area contributed by atoms with Crippen LogP contribution in [0, 0.1) is 5.41 Å². The number of amides is 3. The highest BCUT2D eigenvalue weighted by Crippen LogP contribution is 2.39. The number of hydrogen-bond acceptors (Lipinski definition) is 9. The second-order valence-corrected chi connectivity index (χ2v) is 11.4. The predicted octanol–water partition coefficient (Wildman–Crippen LogP) is 3.16. The Kier molecular flexibility index (Phi) is 9.29. The van der Waals surface area contributed by atoms with Gasteiger partial charge in [0, 0.05) is 18.5 Å². The summed E-state index contributed by atoms with van der Waals surface area (Å²) < 4.78 is 27.6. The molecule has 3 unspecified atom stereocenters. The van der Waals surface area contributed by atoms with Crippen LogP contribution in [0.2, 0.25) is 0 Å². The topological polar surface area (TPSA) is 133 Å². The molecule has 0 aromatic heterocycles. The van der Waals surface area contributed by atoms with Crippen LogP contribution in [0.25, 0.3) is 0 Å². The number of fused-ring (bicyclic) bond motifs is 3. The maximum absolute atomic E-state index is 13.8. The van der Waals surface area contributed by atoms with Crippen molar-refractivity contribution in [3.63, 3.8) is 0 Å². The molecule has 41 heavy (non-hydrogen) atoms. The number of nitrogens with zero attached hydrogens (tertiary/aromatic N) is 2. The molecule has 3 aliphatic heterocycles. The number of esters is 1. The fourth-order valence-electron chi connectivity index (χ4n) is 5.23. The molecule has 3 heterocycles. The molecule has 1 fully saturated rings. The van der Waals surface area contributed by atoms with E-state index in [-0.39, 0.29) is 26.1 Å². The van der Waals surface area contributed by atoms with Crippen LogP contribution < -0.4 is 14.8 Å². The zero-order chi connectivity index (χ0) is 29.7. The molecule has 0 aliphatic carbocycles. The molecule has 1 N–H and O–H groups in total. The Hall–Kier alpha value is -3.96. The molecule has 4 bridgehead atoms. The molecule has 12 heteroatoms. The van der Waals surface area contributed by atoms with Crippen molar-refractivity contribution in [2.45, 2.75) is 71.3 Å². The molecular weight excluding hydrogens is 534 g/mol. The van der Waals surface area contributed by atoms with Crippen molar-refractivity contribution in [3.8, 4) is 11.5 Å². The van der Waals surface area contributed by atoms with Crippen molar-refractivity contribution in [2.24, 2.45) is 5.41 Å².